The van der Waals surface area contributed by atoms with E-state index in [2.05, 4.69) is 440 Å². The van der Waals surface area contributed by atoms with Gasteiger partial charge in [0.1, 0.15) is 0 Å². The Morgan fingerprint density at radius 1 is 0.172 bits per heavy atom. The van der Waals surface area contributed by atoms with E-state index in [-0.39, 0.29) is 0 Å². The van der Waals surface area contributed by atoms with Crippen LogP contribution >= 0.6 is 0 Å². The lowest BCUT2D eigenvalue weighted by Crippen LogP contribution is -2.28. The molecule has 0 saturated carbocycles. The van der Waals surface area contributed by atoms with Crippen molar-refractivity contribution in [3.63, 3.8) is 0 Å². The first kappa shape index (κ1) is 73.3. The summed E-state index contributed by atoms with van der Waals surface area (Å²) in [4.78, 5) is 28.6. The molecule has 6 heteroatoms. The van der Waals surface area contributed by atoms with Crippen molar-refractivity contribution in [1.29, 1.82) is 0 Å². The molecule has 2 aliphatic rings. The van der Waals surface area contributed by atoms with Gasteiger partial charge in [0.05, 0.1) is 46.7 Å². The average molecular weight is 1550 g/mol. The fourth-order valence-corrected chi connectivity index (χ4v) is 18.5. The first-order valence-electron chi connectivity index (χ1n) is 41.2. The third-order valence-electron chi connectivity index (χ3n) is 24.3. The van der Waals surface area contributed by atoms with E-state index in [1.165, 1.54) is 60.7 Å². The van der Waals surface area contributed by atoms with E-state index in [0.717, 1.165) is 128 Å². The summed E-state index contributed by atoms with van der Waals surface area (Å²) < 4.78 is 0. The number of nitrogens with zero attached hydrogens (tertiary/aromatic N) is 6. The maximum absolute atomic E-state index is 7.94. The maximum atomic E-state index is 7.94. The van der Waals surface area contributed by atoms with Gasteiger partial charge in [0, 0.05) is 33.4 Å². The predicted molar refractivity (Wildman–Crippen MR) is 501 cm³/mol. The molecule has 22 rings (SSSR count). The summed E-state index contributed by atoms with van der Waals surface area (Å²) in [5, 5.41) is 4.72. The van der Waals surface area contributed by atoms with E-state index in [1.807, 2.05) is 18.2 Å². The third kappa shape index (κ3) is 13.2. The zero-order chi connectivity index (χ0) is 81.5. The Morgan fingerprint density at radius 3 is 0.885 bits per heavy atom. The number of hydrogen-bond acceptors (Lipinski definition) is 4. The van der Waals surface area contributed by atoms with Gasteiger partial charge in [0.2, 0.25) is 0 Å². The van der Waals surface area contributed by atoms with E-state index >= 15 is 0 Å². The summed E-state index contributed by atoms with van der Waals surface area (Å²) in [6.45, 7) is 15.9. The summed E-state index contributed by atoms with van der Waals surface area (Å²) in [6.07, 6.45) is 0. The molecule has 0 fully saturated rings. The highest BCUT2D eigenvalue weighted by Gasteiger charge is 2.48. The Balaban J connectivity index is 0.000000151. The van der Waals surface area contributed by atoms with Gasteiger partial charge in [-0.05, 0) is 187 Å². The van der Waals surface area contributed by atoms with E-state index in [1.54, 1.807) is 0 Å². The van der Waals surface area contributed by atoms with Crippen molar-refractivity contribution in [2.75, 3.05) is 0 Å². The summed E-state index contributed by atoms with van der Waals surface area (Å²) in [5.74, 6) is 1.36. The van der Waals surface area contributed by atoms with E-state index < -0.39 is 10.8 Å². The van der Waals surface area contributed by atoms with Crippen molar-refractivity contribution in [2.45, 2.75) is 10.8 Å². The minimum Gasteiger partial charge on any atom is -0.238 e. The molecule has 122 heavy (non-hydrogen) atoms. The molecule has 0 atom stereocenters. The molecular formula is C116H74N6. The van der Waals surface area contributed by atoms with Crippen LogP contribution < -0.4 is 0 Å². The van der Waals surface area contributed by atoms with E-state index in [9.17, 15) is 0 Å². The highest BCUT2D eigenvalue weighted by atomic mass is 14.9. The standard InChI is InChI=1S/C60H39N3.C56H35N3/c1-61-52-32-33-53-54-38-46(31-34-55(54)60(56(53)39-52,50-23-13-5-14-24-50)51-25-15-6-16-26-51)43-27-29-45(30-28-43)59-62-57(44-21-11-4-12-22-44)40-58(63-59)49-36-47(41-17-7-2-8-18-41)35-48(37-49)42-19-9-3-10-20-42;1-57-48-29-30-49-50-34-43(28-31-51(50)56(52(49)35-48,46-16-4-2-5-17-46)47-18-6-3-7-19-47)39-20-24-40(25-21-39)53-36-54(44-26-22-37-12-8-10-14-41(37)32-44)59-55(58-53)45-27-23-38-13-9-11-15-42(38)33-45/h2-40H;2-36H. The zero-order valence-corrected chi connectivity index (χ0v) is 66.4. The van der Waals surface area contributed by atoms with Gasteiger partial charge in [-0.15, -0.1) is 0 Å². The van der Waals surface area contributed by atoms with Crippen molar-refractivity contribution in [2.24, 2.45) is 0 Å². The van der Waals surface area contributed by atoms with Crippen molar-refractivity contribution in [1.82, 2.24) is 19.9 Å². The Labute approximate surface area is 709 Å². The van der Waals surface area contributed by atoms with Gasteiger partial charge in [0.25, 0.3) is 0 Å². The Morgan fingerprint density at radius 2 is 0.467 bits per heavy atom. The van der Waals surface area contributed by atoms with Crippen LogP contribution in [0.25, 0.3) is 166 Å². The monoisotopic (exact) mass is 1550 g/mol. The van der Waals surface area contributed by atoms with Crippen molar-refractivity contribution in [3.05, 3.63) is 516 Å². The molecule has 0 saturated heterocycles. The van der Waals surface area contributed by atoms with Crippen LogP contribution in [0.2, 0.25) is 0 Å². The molecule has 6 nitrogen and oxygen atoms in total. The lowest BCUT2D eigenvalue weighted by molar-refractivity contribution is 0.769. The van der Waals surface area contributed by atoms with Crippen LogP contribution in [0.3, 0.4) is 0 Å². The van der Waals surface area contributed by atoms with Gasteiger partial charge in [0.15, 0.2) is 23.0 Å². The largest absolute Gasteiger partial charge is 0.238 e. The molecule has 0 aliphatic heterocycles. The zero-order valence-electron chi connectivity index (χ0n) is 66.4. The molecule has 18 aromatic carbocycles. The smallest absolute Gasteiger partial charge is 0.187 e. The summed E-state index contributed by atoms with van der Waals surface area (Å²) in [6, 6.07) is 159. The highest BCUT2D eigenvalue weighted by molar-refractivity contribution is 5.95. The summed E-state index contributed by atoms with van der Waals surface area (Å²) in [7, 11) is 0. The average Bonchev–Trinajstić information content (AvgIpc) is 1.54. The molecule has 0 radical (unpaired) electrons. The predicted octanol–water partition coefficient (Wildman–Crippen LogP) is 29.8. The van der Waals surface area contributed by atoms with Gasteiger partial charge < -0.3 is 0 Å². The molecule has 0 N–H and O–H groups in total. The van der Waals surface area contributed by atoms with Crippen LogP contribution in [0.4, 0.5) is 11.4 Å². The Hall–Kier alpha value is -16.4. The second-order valence-corrected chi connectivity index (χ2v) is 31.3. The van der Waals surface area contributed by atoms with Gasteiger partial charge in [-0.25, -0.2) is 29.6 Å². The molecule has 20 aromatic rings. The summed E-state index contributed by atoms with van der Waals surface area (Å²) >= 11 is 0. The number of benzene rings is 18. The fraction of sp³-hybridized carbons (Fsp3) is 0.0172. The first-order chi connectivity index (χ1) is 60.3. The van der Waals surface area contributed by atoms with Crippen LogP contribution in [0.5, 0.6) is 0 Å². The molecule has 2 aromatic heterocycles. The minimum atomic E-state index is -0.572. The number of rotatable bonds is 14. The van der Waals surface area contributed by atoms with Crippen LogP contribution in [0.1, 0.15) is 44.5 Å². The number of aromatic nitrogens is 4. The second-order valence-electron chi connectivity index (χ2n) is 31.3. The van der Waals surface area contributed by atoms with E-state index in [4.69, 9.17) is 33.1 Å². The number of fused-ring (bicyclic) bond motifs is 8. The fourth-order valence-electron chi connectivity index (χ4n) is 18.5. The van der Waals surface area contributed by atoms with Crippen molar-refractivity contribution >= 4 is 32.9 Å². The Bertz CT molecular complexity index is 7240. The normalized spacial score (nSPS) is 12.4. The van der Waals surface area contributed by atoms with Crippen LogP contribution in [0, 0.1) is 13.1 Å². The molecule has 0 amide bonds. The maximum Gasteiger partial charge on any atom is 0.187 e. The van der Waals surface area contributed by atoms with Gasteiger partial charge >= 0.3 is 0 Å². The van der Waals surface area contributed by atoms with Crippen LogP contribution in [-0.4, -0.2) is 19.9 Å². The lowest BCUT2D eigenvalue weighted by Gasteiger charge is -2.34. The van der Waals surface area contributed by atoms with Gasteiger partial charge in [-0.3, -0.25) is 0 Å². The molecule has 2 aliphatic carbocycles. The highest BCUT2D eigenvalue weighted by Crippen LogP contribution is 2.60. The molecule has 568 valence electrons. The van der Waals surface area contributed by atoms with E-state index in [0.29, 0.717) is 23.0 Å². The van der Waals surface area contributed by atoms with Crippen molar-refractivity contribution < 1.29 is 0 Å². The molecule has 0 bridgehead atoms. The first-order valence-corrected chi connectivity index (χ1v) is 41.2. The lowest BCUT2D eigenvalue weighted by atomic mass is 9.67. The summed E-state index contributed by atoms with van der Waals surface area (Å²) in [5.41, 5.74) is 32.8. The minimum absolute atomic E-state index is 0.561. The number of hydrogen-bond donors (Lipinski definition) is 0. The third-order valence-corrected chi connectivity index (χ3v) is 24.3. The topological polar surface area (TPSA) is 60.3 Å². The van der Waals surface area contributed by atoms with Crippen LogP contribution in [-0.2, 0) is 10.8 Å². The van der Waals surface area contributed by atoms with Gasteiger partial charge in [-0.2, -0.15) is 0 Å². The molecule has 2 heterocycles. The van der Waals surface area contributed by atoms with Gasteiger partial charge in [-0.1, -0.05) is 394 Å². The second kappa shape index (κ2) is 31.2. The molecule has 0 unspecified atom stereocenters. The van der Waals surface area contributed by atoms with Crippen molar-refractivity contribution in [3.8, 4) is 135 Å². The SMILES string of the molecule is [C-]#[N+]c1ccc2c(c1)C(c1ccccc1)(c1ccccc1)c1ccc(-c3ccc(-c4cc(-c5ccc6ccccc6c5)nc(-c5ccc6ccccc6c5)n4)cc3)cc1-2.[C-]#[N+]c1ccc2c(c1)C(c1ccccc1)(c1ccccc1)c1ccc(-c3ccc(-c4nc(-c5ccccc5)cc(-c5cc(-c6ccccc6)cc(-c6ccccc6)c5)n4)cc3)cc1-2. The van der Waals surface area contributed by atoms with Crippen LogP contribution in [0.15, 0.2) is 449 Å². The molecular weight excluding hydrogens is 1480 g/mol. The quantitative estimate of drug-likeness (QED) is 0.102. The molecule has 0 spiro atoms. The Kier molecular flexibility index (Phi) is 18.8.